The summed E-state index contributed by atoms with van der Waals surface area (Å²) in [5.74, 6) is 0.937. The third kappa shape index (κ3) is 4.36. The Hall–Kier alpha value is -3.82. The molecule has 0 bridgehead atoms. The lowest BCUT2D eigenvalue weighted by Gasteiger charge is -2.20. The minimum absolute atomic E-state index is 0.130. The first-order valence-corrected chi connectivity index (χ1v) is 11.3. The summed E-state index contributed by atoms with van der Waals surface area (Å²) in [6, 6.07) is 13.3. The summed E-state index contributed by atoms with van der Waals surface area (Å²) in [5, 5.41) is 0. The van der Waals surface area contributed by atoms with E-state index in [0.717, 1.165) is 10.0 Å². The topological polar surface area (TPSA) is 89.5 Å². The van der Waals surface area contributed by atoms with Crippen LogP contribution in [0.5, 0.6) is 28.7 Å². The van der Waals surface area contributed by atoms with Crippen LogP contribution in [0.3, 0.4) is 0 Å². The van der Waals surface area contributed by atoms with Crippen LogP contribution in [-0.2, 0) is 11.3 Å². The molecule has 5 rings (SSSR count). The number of hydrogen-bond acceptors (Lipinski definition) is 8. The molecule has 0 aromatic heterocycles. The van der Waals surface area contributed by atoms with Crippen LogP contribution in [0.25, 0.3) is 6.08 Å². The zero-order valence-electron chi connectivity index (χ0n) is 18.8. The second-order valence-electron chi connectivity index (χ2n) is 7.62. The highest BCUT2D eigenvalue weighted by Crippen LogP contribution is 2.38. The molecule has 2 heterocycles. The average Bonchev–Trinajstić information content (AvgIpc) is 3.17. The van der Waals surface area contributed by atoms with Gasteiger partial charge >= 0.3 is 5.97 Å². The van der Waals surface area contributed by atoms with Gasteiger partial charge < -0.3 is 28.4 Å². The molecule has 0 N–H and O–H groups in total. The maximum atomic E-state index is 13.0. The van der Waals surface area contributed by atoms with Crippen molar-refractivity contribution in [3.63, 3.8) is 0 Å². The highest BCUT2D eigenvalue weighted by molar-refractivity contribution is 9.10. The van der Waals surface area contributed by atoms with Crippen LogP contribution in [0.15, 0.2) is 58.8 Å². The number of fused-ring (bicyclic) bond motifs is 2. The lowest BCUT2D eigenvalue weighted by molar-refractivity contribution is -0.0165. The van der Waals surface area contributed by atoms with Gasteiger partial charge in [0.05, 0.1) is 26.4 Å². The van der Waals surface area contributed by atoms with E-state index in [0.29, 0.717) is 35.0 Å². The first-order valence-electron chi connectivity index (χ1n) is 10.5. The van der Waals surface area contributed by atoms with E-state index >= 15 is 0 Å². The number of hydrogen-bond donors (Lipinski definition) is 0. The number of halogens is 1. The van der Waals surface area contributed by atoms with Crippen molar-refractivity contribution in [2.45, 2.75) is 6.61 Å². The van der Waals surface area contributed by atoms with Crippen molar-refractivity contribution in [2.75, 3.05) is 21.0 Å². The van der Waals surface area contributed by atoms with Crippen molar-refractivity contribution >= 4 is 33.8 Å². The van der Waals surface area contributed by atoms with Crippen LogP contribution < -0.4 is 23.7 Å². The molecule has 2 aliphatic rings. The maximum Gasteiger partial charge on any atom is 0.351 e. The zero-order chi connectivity index (χ0) is 24.5. The van der Waals surface area contributed by atoms with Crippen LogP contribution in [0.4, 0.5) is 0 Å². The summed E-state index contributed by atoms with van der Waals surface area (Å²) in [4.78, 5) is 25.8. The number of carbonyl (C=O) groups excluding carboxylic acids is 2. The highest BCUT2D eigenvalue weighted by Gasteiger charge is 2.29. The van der Waals surface area contributed by atoms with E-state index in [1.165, 1.54) is 26.4 Å². The molecule has 9 heteroatoms. The highest BCUT2D eigenvalue weighted by atomic mass is 79.9. The third-order valence-electron chi connectivity index (χ3n) is 5.47. The van der Waals surface area contributed by atoms with Gasteiger partial charge in [0.2, 0.25) is 5.78 Å². The van der Waals surface area contributed by atoms with Crippen molar-refractivity contribution in [1.29, 1.82) is 0 Å². The van der Waals surface area contributed by atoms with Gasteiger partial charge in [-0.2, -0.15) is 0 Å². The van der Waals surface area contributed by atoms with Gasteiger partial charge in [-0.05, 0) is 42.5 Å². The Bertz CT molecular complexity index is 1360. The zero-order valence-corrected chi connectivity index (χ0v) is 20.3. The van der Waals surface area contributed by atoms with Gasteiger partial charge in [0, 0.05) is 21.7 Å². The van der Waals surface area contributed by atoms with Crippen molar-refractivity contribution in [1.82, 2.24) is 0 Å². The van der Waals surface area contributed by atoms with Gasteiger partial charge in [-0.3, -0.25) is 4.79 Å². The number of esters is 1. The lowest BCUT2D eigenvalue weighted by Crippen LogP contribution is -2.12. The summed E-state index contributed by atoms with van der Waals surface area (Å²) in [6.07, 6.45) is 1.63. The SMILES string of the molecule is COc1cccc(OC)c1C(=O)Oc1ccc2c(c1)O/C(=C\c1cc(Br)cc3c1OCOC3)C2=O. The maximum absolute atomic E-state index is 13.0. The van der Waals surface area contributed by atoms with Crippen LogP contribution >= 0.6 is 15.9 Å². The number of ketones is 1. The molecule has 0 spiro atoms. The van der Waals surface area contributed by atoms with Crippen molar-refractivity contribution in [3.8, 4) is 28.7 Å². The van der Waals surface area contributed by atoms with Crippen LogP contribution in [0.1, 0.15) is 31.8 Å². The predicted molar refractivity (Wildman–Crippen MR) is 128 cm³/mol. The van der Waals surface area contributed by atoms with E-state index < -0.39 is 5.97 Å². The predicted octanol–water partition coefficient (Wildman–Crippen LogP) is 5.17. The Morgan fingerprint density at radius 3 is 2.57 bits per heavy atom. The minimum Gasteiger partial charge on any atom is -0.496 e. The molecule has 35 heavy (non-hydrogen) atoms. The number of carbonyl (C=O) groups is 2. The fourth-order valence-electron chi connectivity index (χ4n) is 3.90. The Kier molecular flexibility index (Phi) is 6.19. The molecule has 0 atom stereocenters. The summed E-state index contributed by atoms with van der Waals surface area (Å²) >= 11 is 3.47. The van der Waals surface area contributed by atoms with Gasteiger partial charge in [0.25, 0.3) is 0 Å². The second-order valence-corrected chi connectivity index (χ2v) is 8.53. The monoisotopic (exact) mass is 538 g/mol. The Morgan fingerprint density at radius 2 is 1.83 bits per heavy atom. The van der Waals surface area contributed by atoms with E-state index in [-0.39, 0.29) is 35.4 Å². The summed E-state index contributed by atoms with van der Waals surface area (Å²) in [7, 11) is 2.91. The van der Waals surface area contributed by atoms with Gasteiger partial charge in [-0.25, -0.2) is 4.79 Å². The number of ether oxygens (including phenoxy) is 6. The normalized spacial score (nSPS) is 15.1. The van der Waals surface area contributed by atoms with E-state index in [9.17, 15) is 9.59 Å². The van der Waals surface area contributed by atoms with Gasteiger partial charge in [0.1, 0.15) is 34.3 Å². The minimum atomic E-state index is -0.667. The van der Waals surface area contributed by atoms with Crippen molar-refractivity contribution in [3.05, 3.63) is 81.0 Å². The van der Waals surface area contributed by atoms with E-state index in [1.54, 1.807) is 30.3 Å². The molecular formula is C26H19BrO8. The summed E-state index contributed by atoms with van der Waals surface area (Å²) < 4.78 is 33.7. The smallest absolute Gasteiger partial charge is 0.351 e. The average molecular weight is 539 g/mol. The van der Waals surface area contributed by atoms with Crippen LogP contribution in [0, 0.1) is 0 Å². The molecule has 3 aromatic rings. The molecule has 2 aliphatic heterocycles. The number of benzene rings is 3. The van der Waals surface area contributed by atoms with Crippen molar-refractivity contribution < 1.29 is 38.0 Å². The number of Topliss-reactive ketones (excluding diaryl/α,β-unsaturated/α-hetero) is 1. The quantitative estimate of drug-likeness (QED) is 0.249. The number of rotatable bonds is 5. The number of methoxy groups -OCH3 is 2. The van der Waals surface area contributed by atoms with E-state index in [4.69, 9.17) is 28.4 Å². The fraction of sp³-hybridized carbons (Fsp3) is 0.154. The molecule has 178 valence electrons. The standard InChI is InChI=1S/C26H19BrO8/c1-30-19-4-3-5-20(31-2)23(19)26(29)34-17-6-7-18-21(11-17)35-22(24(18)28)10-14-8-16(27)9-15-12-32-13-33-25(14)15/h3-11H,12-13H2,1-2H3/b22-10-. The molecule has 3 aromatic carbocycles. The van der Waals surface area contributed by atoms with Gasteiger partial charge in [0.15, 0.2) is 12.6 Å². The first kappa shape index (κ1) is 22.9. The molecule has 0 fully saturated rings. The largest absolute Gasteiger partial charge is 0.496 e. The Labute approximate surface area is 209 Å². The van der Waals surface area contributed by atoms with Crippen LogP contribution in [-0.4, -0.2) is 32.8 Å². The molecule has 0 unspecified atom stereocenters. The van der Waals surface area contributed by atoms with Gasteiger partial charge in [-0.15, -0.1) is 0 Å². The molecule has 0 radical (unpaired) electrons. The summed E-state index contributed by atoms with van der Waals surface area (Å²) in [6.45, 7) is 0.539. The van der Waals surface area contributed by atoms with E-state index in [1.807, 2.05) is 12.1 Å². The first-order chi connectivity index (χ1) is 17.0. The fourth-order valence-corrected chi connectivity index (χ4v) is 4.42. The Balaban J connectivity index is 1.42. The second kappa shape index (κ2) is 9.44. The van der Waals surface area contributed by atoms with Crippen molar-refractivity contribution in [2.24, 2.45) is 0 Å². The molecule has 0 aliphatic carbocycles. The lowest BCUT2D eigenvalue weighted by atomic mass is 10.1. The van der Waals surface area contributed by atoms with Gasteiger partial charge in [-0.1, -0.05) is 22.0 Å². The van der Waals surface area contributed by atoms with E-state index in [2.05, 4.69) is 15.9 Å². The summed E-state index contributed by atoms with van der Waals surface area (Å²) in [5.41, 5.74) is 2.06. The molecule has 0 amide bonds. The Morgan fingerprint density at radius 1 is 1.06 bits per heavy atom. The molecular weight excluding hydrogens is 520 g/mol. The van der Waals surface area contributed by atoms with Crippen LogP contribution in [0.2, 0.25) is 0 Å². The third-order valence-corrected chi connectivity index (χ3v) is 5.93. The molecule has 0 saturated heterocycles. The molecule has 8 nitrogen and oxygen atoms in total. The number of allylic oxidation sites excluding steroid dienone is 1. The molecule has 0 saturated carbocycles.